The number of ether oxygens (including phenoxy) is 1. The molecule has 0 saturated heterocycles. The molecule has 1 unspecified atom stereocenters. The number of esters is 1. The van der Waals surface area contributed by atoms with Gasteiger partial charge in [-0.1, -0.05) is 0 Å². The lowest BCUT2D eigenvalue weighted by atomic mass is 10.2. The number of benzene rings is 1. The number of rotatable bonds is 3. The third-order valence-electron chi connectivity index (χ3n) is 3.21. The molecule has 0 N–H and O–H groups in total. The summed E-state index contributed by atoms with van der Waals surface area (Å²) in [4.78, 5) is 12.8. The Morgan fingerprint density at radius 1 is 1.40 bits per heavy atom. The first-order valence-corrected chi connectivity index (χ1v) is 9.07. The maximum absolute atomic E-state index is 12.6. The molecule has 3 rings (SSSR count). The van der Waals surface area contributed by atoms with Gasteiger partial charge in [-0.3, -0.25) is 0 Å². The molecule has 1 heterocycles. The lowest BCUT2D eigenvalue weighted by Crippen LogP contribution is -1.98. The van der Waals surface area contributed by atoms with Crippen molar-refractivity contribution in [1.29, 1.82) is 0 Å². The average Bonchev–Trinajstić information content (AvgIpc) is 3.11. The van der Waals surface area contributed by atoms with Crippen LogP contribution in [0, 0.1) is 0 Å². The van der Waals surface area contributed by atoms with Gasteiger partial charge in [-0.25, -0.2) is 13.4 Å². The van der Waals surface area contributed by atoms with Gasteiger partial charge >= 0.3 is 5.97 Å². The molecule has 2 aromatic rings. The van der Waals surface area contributed by atoms with Gasteiger partial charge in [0.15, 0.2) is 0 Å². The van der Waals surface area contributed by atoms with Crippen LogP contribution in [0.4, 0.5) is 0 Å². The fourth-order valence-corrected chi connectivity index (χ4v) is 4.51. The topological polar surface area (TPSA) is 55.7 Å². The molecule has 1 atom stereocenters. The number of carbonyl (C=O) groups excluding carboxylic acids is 1. The van der Waals surface area contributed by atoms with E-state index in [0.29, 0.717) is 4.88 Å². The van der Waals surface area contributed by atoms with Crippen molar-refractivity contribution in [3.05, 3.63) is 29.1 Å². The Balaban J connectivity index is 2.06. The van der Waals surface area contributed by atoms with Crippen molar-refractivity contribution in [2.45, 2.75) is 23.8 Å². The van der Waals surface area contributed by atoms with Crippen LogP contribution in [0.25, 0.3) is 10.1 Å². The first-order chi connectivity index (χ1) is 9.49. The van der Waals surface area contributed by atoms with E-state index in [1.165, 1.54) is 18.4 Å². The summed E-state index contributed by atoms with van der Waals surface area (Å²) in [6, 6.07) is 7.65. The van der Waals surface area contributed by atoms with Gasteiger partial charge in [0.25, 0.3) is 0 Å². The van der Waals surface area contributed by atoms with Crippen molar-refractivity contribution < 1.29 is 13.7 Å². The van der Waals surface area contributed by atoms with E-state index in [1.54, 1.807) is 12.3 Å². The van der Waals surface area contributed by atoms with Crippen molar-refractivity contribution in [3.63, 3.8) is 0 Å². The van der Waals surface area contributed by atoms with Gasteiger partial charge in [0.1, 0.15) is 4.88 Å². The van der Waals surface area contributed by atoms with Crippen LogP contribution in [0.3, 0.4) is 0 Å². The molecule has 0 radical (unpaired) electrons. The van der Waals surface area contributed by atoms with Crippen LogP contribution in [-0.4, -0.2) is 29.6 Å². The van der Waals surface area contributed by atoms with Crippen LogP contribution in [0.2, 0.25) is 0 Å². The summed E-state index contributed by atoms with van der Waals surface area (Å²) >= 11 is 1.38. The van der Waals surface area contributed by atoms with Gasteiger partial charge in [-0.15, -0.1) is 11.3 Å². The zero-order chi connectivity index (χ0) is 14.3. The molecule has 1 fully saturated rings. The summed E-state index contributed by atoms with van der Waals surface area (Å²) in [6.45, 7) is 0. The Labute approximate surface area is 121 Å². The molecule has 0 amide bonds. The average molecular weight is 309 g/mol. The second kappa shape index (κ2) is 4.86. The van der Waals surface area contributed by atoms with Crippen molar-refractivity contribution in [1.82, 2.24) is 0 Å². The summed E-state index contributed by atoms with van der Waals surface area (Å²) < 4.78 is 22.7. The zero-order valence-electron chi connectivity index (χ0n) is 11.3. The molecule has 1 saturated carbocycles. The molecule has 0 bridgehead atoms. The van der Waals surface area contributed by atoms with E-state index in [-0.39, 0.29) is 12.0 Å². The zero-order valence-corrected chi connectivity index (χ0v) is 12.9. The van der Waals surface area contributed by atoms with E-state index in [2.05, 4.69) is 4.36 Å². The van der Waals surface area contributed by atoms with E-state index in [9.17, 15) is 9.00 Å². The summed E-state index contributed by atoms with van der Waals surface area (Å²) in [5, 5.41) is 0.911. The molecular formula is C14H15NO3S2. The van der Waals surface area contributed by atoms with Gasteiger partial charge in [0.2, 0.25) is 0 Å². The van der Waals surface area contributed by atoms with Gasteiger partial charge < -0.3 is 4.74 Å². The standard InChI is InChI=1S/C14H15NO3S2/c1-18-14(16)13-8-9-7-11(5-6-12(9)19-13)20(2,17)15-10-3-4-10/h5-8,10H,3-4H2,1-2H3. The van der Waals surface area contributed by atoms with Gasteiger partial charge in [-0.05, 0) is 42.5 Å². The summed E-state index contributed by atoms with van der Waals surface area (Å²) in [7, 11) is -0.975. The highest BCUT2D eigenvalue weighted by Crippen LogP contribution is 2.31. The lowest BCUT2D eigenvalue weighted by molar-refractivity contribution is 0.0606. The quantitative estimate of drug-likeness (QED) is 0.817. The minimum Gasteiger partial charge on any atom is -0.465 e. The maximum atomic E-state index is 12.6. The van der Waals surface area contributed by atoms with Crippen LogP contribution in [0.1, 0.15) is 22.5 Å². The van der Waals surface area contributed by atoms with Crippen LogP contribution in [0.15, 0.2) is 33.5 Å². The largest absolute Gasteiger partial charge is 0.465 e. The Morgan fingerprint density at radius 3 is 2.80 bits per heavy atom. The molecular weight excluding hydrogens is 294 g/mol. The second-order valence-corrected chi connectivity index (χ2v) is 8.31. The number of carbonyl (C=O) groups is 1. The Bertz CT molecular complexity index is 796. The first-order valence-electron chi connectivity index (χ1n) is 6.33. The van der Waals surface area contributed by atoms with Gasteiger partial charge in [0.05, 0.1) is 22.9 Å². The Hall–Kier alpha value is -1.40. The van der Waals surface area contributed by atoms with Crippen LogP contribution >= 0.6 is 11.3 Å². The molecule has 20 heavy (non-hydrogen) atoms. The molecule has 6 heteroatoms. The predicted octanol–water partition coefficient (Wildman–Crippen LogP) is 3.31. The molecule has 106 valence electrons. The number of fused-ring (bicyclic) bond motifs is 1. The number of nitrogens with zero attached hydrogens (tertiary/aromatic N) is 1. The van der Waals surface area contributed by atoms with Crippen molar-refractivity contribution in [2.24, 2.45) is 4.36 Å². The van der Waals surface area contributed by atoms with Crippen molar-refractivity contribution in [2.75, 3.05) is 13.4 Å². The number of hydrogen-bond acceptors (Lipinski definition) is 5. The highest BCUT2D eigenvalue weighted by Gasteiger charge is 2.23. The third kappa shape index (κ3) is 2.58. The van der Waals surface area contributed by atoms with Gasteiger partial charge in [-0.2, -0.15) is 0 Å². The van der Waals surface area contributed by atoms with Crippen LogP contribution < -0.4 is 0 Å². The van der Waals surface area contributed by atoms with Crippen LogP contribution in [-0.2, 0) is 14.5 Å². The first kappa shape index (κ1) is 13.6. The molecule has 1 aliphatic rings. The highest BCUT2D eigenvalue weighted by atomic mass is 32.2. The fraction of sp³-hybridized carbons (Fsp3) is 0.357. The van der Waals surface area contributed by atoms with Gasteiger partial charge in [0, 0.05) is 15.9 Å². The van der Waals surface area contributed by atoms with E-state index in [0.717, 1.165) is 27.8 Å². The SMILES string of the molecule is COC(=O)c1cc2cc(S(C)(=O)=NC3CC3)ccc2s1. The van der Waals surface area contributed by atoms with E-state index in [1.807, 2.05) is 18.2 Å². The number of methoxy groups -OCH3 is 1. The number of thiophene rings is 1. The number of hydrogen-bond donors (Lipinski definition) is 0. The van der Waals surface area contributed by atoms with Crippen molar-refractivity contribution in [3.8, 4) is 0 Å². The molecule has 0 aliphatic heterocycles. The fourth-order valence-electron chi connectivity index (χ4n) is 1.98. The maximum Gasteiger partial charge on any atom is 0.348 e. The summed E-state index contributed by atoms with van der Waals surface area (Å²) in [6.07, 6.45) is 3.76. The minimum absolute atomic E-state index is 0.260. The summed E-state index contributed by atoms with van der Waals surface area (Å²) in [5.74, 6) is -0.340. The van der Waals surface area contributed by atoms with E-state index in [4.69, 9.17) is 4.74 Å². The molecule has 1 aromatic heterocycles. The molecule has 1 aromatic carbocycles. The lowest BCUT2D eigenvalue weighted by Gasteiger charge is -2.04. The third-order valence-corrected chi connectivity index (χ3v) is 6.13. The molecule has 0 spiro atoms. The Kier molecular flexibility index (Phi) is 3.30. The van der Waals surface area contributed by atoms with Crippen molar-refractivity contribution >= 4 is 37.1 Å². The van der Waals surface area contributed by atoms with E-state index >= 15 is 0 Å². The predicted molar refractivity (Wildman–Crippen MR) is 80.9 cm³/mol. The van der Waals surface area contributed by atoms with E-state index < -0.39 is 9.73 Å². The normalized spacial score (nSPS) is 17.7. The minimum atomic E-state index is -2.34. The van der Waals surface area contributed by atoms with Crippen LogP contribution in [0.5, 0.6) is 0 Å². The molecule has 4 nitrogen and oxygen atoms in total. The molecule has 1 aliphatic carbocycles. The highest BCUT2D eigenvalue weighted by molar-refractivity contribution is 7.93. The summed E-state index contributed by atoms with van der Waals surface area (Å²) in [5.41, 5.74) is 0. The smallest absolute Gasteiger partial charge is 0.348 e. The Morgan fingerprint density at radius 2 is 2.15 bits per heavy atom. The monoisotopic (exact) mass is 309 g/mol. The second-order valence-electron chi connectivity index (χ2n) is 4.94.